The number of aromatic nitrogens is 1. The van der Waals surface area contributed by atoms with Crippen molar-refractivity contribution in [3.8, 4) is 22.1 Å². The van der Waals surface area contributed by atoms with Gasteiger partial charge < -0.3 is 14.8 Å². The lowest BCUT2D eigenvalue weighted by Crippen LogP contribution is -2.41. The van der Waals surface area contributed by atoms with Crippen LogP contribution in [0.3, 0.4) is 0 Å². The Morgan fingerprint density at radius 1 is 1.19 bits per heavy atom. The lowest BCUT2D eigenvalue weighted by atomic mass is 10.2. The number of ether oxygens (including phenoxy) is 2. The molecule has 0 saturated heterocycles. The average Bonchev–Trinajstić information content (AvgIpc) is 3.15. The molecule has 4 rings (SSSR count). The Balaban J connectivity index is 1.29. The summed E-state index contributed by atoms with van der Waals surface area (Å²) >= 11 is 1.55. The number of fused-ring (bicyclic) bond motifs is 1. The molecular weight excluding hydrogens is 360 g/mol. The van der Waals surface area contributed by atoms with E-state index in [1.165, 1.54) is 5.56 Å². The summed E-state index contributed by atoms with van der Waals surface area (Å²) in [6.07, 6.45) is 0.0643. The molecule has 2 aromatic carbocycles. The molecule has 1 aromatic heterocycles. The minimum atomic E-state index is -0.192. The van der Waals surface area contributed by atoms with Crippen molar-refractivity contribution in [2.75, 3.05) is 13.2 Å². The Kier molecular flexibility index (Phi) is 5.07. The molecule has 0 saturated carbocycles. The van der Waals surface area contributed by atoms with Gasteiger partial charge in [0.15, 0.2) is 11.5 Å². The van der Waals surface area contributed by atoms with E-state index in [9.17, 15) is 4.79 Å². The molecule has 1 atom stereocenters. The first kappa shape index (κ1) is 17.5. The predicted octanol–water partition coefficient (Wildman–Crippen LogP) is 3.62. The molecule has 0 aliphatic carbocycles. The van der Waals surface area contributed by atoms with Crippen molar-refractivity contribution in [3.05, 3.63) is 65.2 Å². The molecule has 6 heteroatoms. The Morgan fingerprint density at radius 3 is 2.78 bits per heavy atom. The number of amides is 1. The Bertz CT molecular complexity index is 937. The third kappa shape index (κ3) is 4.28. The fourth-order valence-corrected chi connectivity index (χ4v) is 3.66. The molecule has 0 fully saturated rings. The van der Waals surface area contributed by atoms with Gasteiger partial charge in [-0.3, -0.25) is 4.79 Å². The van der Waals surface area contributed by atoms with Crippen LogP contribution in [0.15, 0.2) is 53.9 Å². The van der Waals surface area contributed by atoms with Crippen LogP contribution in [0.25, 0.3) is 10.6 Å². The van der Waals surface area contributed by atoms with Gasteiger partial charge in [-0.15, -0.1) is 11.3 Å². The van der Waals surface area contributed by atoms with Gasteiger partial charge in [-0.2, -0.15) is 0 Å². The van der Waals surface area contributed by atoms with Crippen molar-refractivity contribution in [3.63, 3.8) is 0 Å². The molecule has 0 radical (unpaired) electrons. The van der Waals surface area contributed by atoms with E-state index in [4.69, 9.17) is 9.47 Å². The number of nitrogens with one attached hydrogen (secondary N) is 1. The highest BCUT2D eigenvalue weighted by molar-refractivity contribution is 7.13. The summed E-state index contributed by atoms with van der Waals surface area (Å²) in [5.41, 5.74) is 3.06. The van der Waals surface area contributed by atoms with Crippen molar-refractivity contribution in [2.45, 2.75) is 19.4 Å². The highest BCUT2D eigenvalue weighted by Gasteiger charge is 2.21. The maximum Gasteiger partial charge on any atom is 0.226 e. The molecule has 0 spiro atoms. The SMILES string of the molecule is Cc1ccc(-c2nc(CC(=O)NC[C@H]3COc4ccccc4O3)cs2)cc1. The quantitative estimate of drug-likeness (QED) is 0.734. The standard InChI is InChI=1S/C21H20N2O3S/c1-14-6-8-15(9-7-14)21-23-16(13-27-21)10-20(24)22-11-17-12-25-18-4-2-3-5-19(18)26-17/h2-9,13,17H,10-12H2,1H3,(H,22,24)/t17-/m0/s1. The third-order valence-corrected chi connectivity index (χ3v) is 5.23. The first-order valence-corrected chi connectivity index (χ1v) is 9.72. The van der Waals surface area contributed by atoms with Crippen molar-refractivity contribution in [1.82, 2.24) is 10.3 Å². The van der Waals surface area contributed by atoms with E-state index < -0.39 is 0 Å². The van der Waals surface area contributed by atoms with Crippen LogP contribution >= 0.6 is 11.3 Å². The number of thiazole rings is 1. The summed E-state index contributed by atoms with van der Waals surface area (Å²) in [4.78, 5) is 16.8. The minimum absolute atomic E-state index is 0.0711. The van der Waals surface area contributed by atoms with Gasteiger partial charge in [0.05, 0.1) is 18.7 Å². The van der Waals surface area contributed by atoms with Crippen LogP contribution in [0.1, 0.15) is 11.3 Å². The molecule has 0 unspecified atom stereocenters. The second-order valence-corrected chi connectivity index (χ2v) is 7.35. The van der Waals surface area contributed by atoms with Gasteiger partial charge in [-0.1, -0.05) is 42.0 Å². The van der Waals surface area contributed by atoms with Crippen LogP contribution in [0, 0.1) is 6.92 Å². The van der Waals surface area contributed by atoms with E-state index >= 15 is 0 Å². The lowest BCUT2D eigenvalue weighted by molar-refractivity contribution is -0.121. The van der Waals surface area contributed by atoms with Crippen LogP contribution in [0.4, 0.5) is 0 Å². The van der Waals surface area contributed by atoms with Gasteiger partial charge in [-0.25, -0.2) is 4.98 Å². The summed E-state index contributed by atoms with van der Waals surface area (Å²) in [7, 11) is 0. The number of nitrogens with zero attached hydrogens (tertiary/aromatic N) is 1. The minimum Gasteiger partial charge on any atom is -0.486 e. The Hall–Kier alpha value is -2.86. The Labute approximate surface area is 162 Å². The van der Waals surface area contributed by atoms with Crippen molar-refractivity contribution in [1.29, 1.82) is 0 Å². The molecule has 3 aromatic rings. The van der Waals surface area contributed by atoms with E-state index in [1.54, 1.807) is 11.3 Å². The fourth-order valence-electron chi connectivity index (χ4n) is 2.84. The van der Waals surface area contributed by atoms with Gasteiger partial charge in [0, 0.05) is 10.9 Å². The monoisotopic (exact) mass is 380 g/mol. The number of rotatable bonds is 5. The maximum absolute atomic E-state index is 12.2. The van der Waals surface area contributed by atoms with Gasteiger partial charge in [0.1, 0.15) is 17.7 Å². The molecule has 2 heterocycles. The van der Waals surface area contributed by atoms with E-state index in [-0.39, 0.29) is 18.4 Å². The van der Waals surface area contributed by atoms with Gasteiger partial charge in [0.2, 0.25) is 5.91 Å². The molecule has 138 valence electrons. The molecule has 5 nitrogen and oxygen atoms in total. The molecule has 1 N–H and O–H groups in total. The van der Waals surface area contributed by atoms with Gasteiger partial charge in [-0.05, 0) is 19.1 Å². The normalized spacial score (nSPS) is 15.4. The van der Waals surface area contributed by atoms with Crippen LogP contribution in [0.5, 0.6) is 11.5 Å². The summed E-state index contributed by atoms with van der Waals surface area (Å²) < 4.78 is 11.5. The third-order valence-electron chi connectivity index (χ3n) is 4.29. The summed E-state index contributed by atoms with van der Waals surface area (Å²) in [6, 6.07) is 15.8. The number of hydrogen-bond donors (Lipinski definition) is 1. The molecule has 27 heavy (non-hydrogen) atoms. The zero-order valence-corrected chi connectivity index (χ0v) is 15.8. The number of aryl methyl sites for hydroxylation is 1. The number of hydrogen-bond acceptors (Lipinski definition) is 5. The van der Waals surface area contributed by atoms with E-state index in [0.717, 1.165) is 22.0 Å². The summed E-state index contributed by atoms with van der Waals surface area (Å²) in [5.74, 6) is 1.38. The molecule has 0 bridgehead atoms. The second kappa shape index (κ2) is 7.80. The topological polar surface area (TPSA) is 60.5 Å². The predicted molar refractivity (Wildman–Crippen MR) is 105 cm³/mol. The van der Waals surface area contributed by atoms with Gasteiger partial charge in [0.25, 0.3) is 0 Å². The van der Waals surface area contributed by atoms with Crippen molar-refractivity contribution in [2.24, 2.45) is 0 Å². The average molecular weight is 380 g/mol. The maximum atomic E-state index is 12.2. The van der Waals surface area contributed by atoms with Gasteiger partial charge >= 0.3 is 0 Å². The lowest BCUT2D eigenvalue weighted by Gasteiger charge is -2.26. The van der Waals surface area contributed by atoms with Crippen LogP contribution in [0.2, 0.25) is 0 Å². The summed E-state index contributed by atoms with van der Waals surface area (Å²) in [6.45, 7) is 2.88. The highest BCUT2D eigenvalue weighted by Crippen LogP contribution is 2.30. The van der Waals surface area contributed by atoms with E-state index in [1.807, 2.05) is 29.6 Å². The fraction of sp³-hybridized carbons (Fsp3) is 0.238. The zero-order chi connectivity index (χ0) is 18.6. The van der Waals surface area contributed by atoms with E-state index in [0.29, 0.717) is 18.9 Å². The zero-order valence-electron chi connectivity index (χ0n) is 15.0. The van der Waals surface area contributed by atoms with E-state index in [2.05, 4.69) is 41.5 Å². The Morgan fingerprint density at radius 2 is 1.96 bits per heavy atom. The molecule has 1 aliphatic rings. The molecular formula is C21H20N2O3S. The summed E-state index contributed by atoms with van der Waals surface area (Å²) in [5, 5.41) is 5.77. The van der Waals surface area contributed by atoms with Crippen LogP contribution < -0.4 is 14.8 Å². The van der Waals surface area contributed by atoms with Crippen molar-refractivity contribution < 1.29 is 14.3 Å². The second-order valence-electron chi connectivity index (χ2n) is 6.49. The number of para-hydroxylation sites is 2. The first-order chi connectivity index (χ1) is 13.2. The number of carbonyl (C=O) groups excluding carboxylic acids is 1. The van der Waals surface area contributed by atoms with Crippen molar-refractivity contribution >= 4 is 17.2 Å². The smallest absolute Gasteiger partial charge is 0.226 e. The number of carbonyl (C=O) groups is 1. The molecule has 1 amide bonds. The molecule has 1 aliphatic heterocycles. The first-order valence-electron chi connectivity index (χ1n) is 8.84. The number of benzene rings is 2. The largest absolute Gasteiger partial charge is 0.486 e. The highest BCUT2D eigenvalue weighted by atomic mass is 32.1. The van der Waals surface area contributed by atoms with Crippen LogP contribution in [-0.4, -0.2) is 30.1 Å². The van der Waals surface area contributed by atoms with Crippen LogP contribution in [-0.2, 0) is 11.2 Å².